The van der Waals surface area contributed by atoms with E-state index in [2.05, 4.69) is 17.2 Å². The van der Waals surface area contributed by atoms with Gasteiger partial charge in [0.2, 0.25) is 0 Å². The summed E-state index contributed by atoms with van der Waals surface area (Å²) in [5.74, 6) is 2.69. The molecule has 1 heterocycles. The molecule has 0 aliphatic carbocycles. The third kappa shape index (κ3) is 4.36. The summed E-state index contributed by atoms with van der Waals surface area (Å²) in [5.41, 5.74) is 1.07. The van der Waals surface area contributed by atoms with Gasteiger partial charge in [-0.1, -0.05) is 6.92 Å². The average molecular weight is 288 g/mol. The quantitative estimate of drug-likeness (QED) is 0.848. The van der Waals surface area contributed by atoms with Gasteiger partial charge in [-0.25, -0.2) is 0 Å². The fourth-order valence-corrected chi connectivity index (χ4v) is 1.86. The van der Waals surface area contributed by atoms with Crippen molar-refractivity contribution in [2.24, 2.45) is 0 Å². The first-order valence-corrected chi connectivity index (χ1v) is 6.80. The molecular weight excluding hydrogens is 268 g/mol. The maximum atomic E-state index is 5.83. The fourth-order valence-electron chi connectivity index (χ4n) is 1.86. The van der Waals surface area contributed by atoms with Gasteiger partial charge in [-0.2, -0.15) is 0 Å². The molecule has 5 nitrogen and oxygen atoms in total. The predicted molar refractivity (Wildman–Crippen MR) is 81.2 cm³/mol. The SMILES string of the molecule is CCNCc1cncc(Oc2cc(OC)cc(OC)c2)c1. The summed E-state index contributed by atoms with van der Waals surface area (Å²) < 4.78 is 16.3. The van der Waals surface area contributed by atoms with Crippen molar-refractivity contribution in [2.45, 2.75) is 13.5 Å². The van der Waals surface area contributed by atoms with Crippen molar-refractivity contribution in [1.82, 2.24) is 10.3 Å². The van der Waals surface area contributed by atoms with E-state index >= 15 is 0 Å². The number of ether oxygens (including phenoxy) is 3. The molecule has 0 aliphatic rings. The van der Waals surface area contributed by atoms with E-state index in [9.17, 15) is 0 Å². The summed E-state index contributed by atoms with van der Waals surface area (Å²) in [6.45, 7) is 3.75. The van der Waals surface area contributed by atoms with E-state index in [0.717, 1.165) is 18.7 Å². The van der Waals surface area contributed by atoms with Gasteiger partial charge >= 0.3 is 0 Å². The minimum absolute atomic E-state index is 0.647. The minimum atomic E-state index is 0.647. The van der Waals surface area contributed by atoms with E-state index in [4.69, 9.17) is 14.2 Å². The molecule has 0 fully saturated rings. The highest BCUT2D eigenvalue weighted by Crippen LogP contribution is 2.30. The molecule has 112 valence electrons. The molecule has 0 radical (unpaired) electrons. The molecule has 2 rings (SSSR count). The third-order valence-electron chi connectivity index (χ3n) is 2.91. The normalized spacial score (nSPS) is 10.2. The molecule has 0 bridgehead atoms. The van der Waals surface area contributed by atoms with Gasteiger partial charge in [-0.15, -0.1) is 0 Å². The van der Waals surface area contributed by atoms with Crippen molar-refractivity contribution in [2.75, 3.05) is 20.8 Å². The van der Waals surface area contributed by atoms with Crippen molar-refractivity contribution in [3.05, 3.63) is 42.2 Å². The topological polar surface area (TPSA) is 52.6 Å². The van der Waals surface area contributed by atoms with Gasteiger partial charge in [0.05, 0.1) is 20.4 Å². The average Bonchev–Trinajstić information content (AvgIpc) is 2.52. The highest BCUT2D eigenvalue weighted by Gasteiger charge is 2.05. The Balaban J connectivity index is 2.17. The standard InChI is InChI=1S/C16H20N2O3/c1-4-17-9-12-5-16(11-18-10-12)21-15-7-13(19-2)6-14(8-15)20-3/h5-8,10-11,17H,4,9H2,1-3H3. The fraction of sp³-hybridized carbons (Fsp3) is 0.312. The van der Waals surface area contributed by atoms with Crippen LogP contribution in [-0.4, -0.2) is 25.7 Å². The second-order valence-electron chi connectivity index (χ2n) is 4.46. The summed E-state index contributed by atoms with van der Waals surface area (Å²) in [4.78, 5) is 4.19. The number of rotatable bonds is 7. The first-order valence-electron chi connectivity index (χ1n) is 6.80. The van der Waals surface area contributed by atoms with Gasteiger partial charge in [0.15, 0.2) is 0 Å². The minimum Gasteiger partial charge on any atom is -0.496 e. The van der Waals surface area contributed by atoms with Crippen molar-refractivity contribution >= 4 is 0 Å². The zero-order valence-corrected chi connectivity index (χ0v) is 12.6. The van der Waals surface area contributed by atoms with E-state index < -0.39 is 0 Å². The lowest BCUT2D eigenvalue weighted by Crippen LogP contribution is -2.11. The molecule has 21 heavy (non-hydrogen) atoms. The zero-order valence-electron chi connectivity index (χ0n) is 12.6. The van der Waals surface area contributed by atoms with Crippen molar-refractivity contribution < 1.29 is 14.2 Å². The molecule has 1 N–H and O–H groups in total. The van der Waals surface area contributed by atoms with Crippen LogP contribution in [0.3, 0.4) is 0 Å². The van der Waals surface area contributed by atoms with Crippen LogP contribution >= 0.6 is 0 Å². The number of nitrogens with one attached hydrogen (secondary N) is 1. The maximum Gasteiger partial charge on any atom is 0.146 e. The van der Waals surface area contributed by atoms with Crippen LogP contribution in [0.5, 0.6) is 23.0 Å². The van der Waals surface area contributed by atoms with Gasteiger partial charge in [0, 0.05) is 30.9 Å². The highest BCUT2D eigenvalue weighted by atomic mass is 16.5. The van der Waals surface area contributed by atoms with Crippen LogP contribution in [-0.2, 0) is 6.54 Å². The molecule has 0 amide bonds. The Hall–Kier alpha value is -2.27. The molecule has 0 saturated carbocycles. The van der Waals surface area contributed by atoms with Gasteiger partial charge in [0.1, 0.15) is 23.0 Å². The van der Waals surface area contributed by atoms with Crippen LogP contribution in [0.1, 0.15) is 12.5 Å². The van der Waals surface area contributed by atoms with Crippen molar-refractivity contribution in [3.8, 4) is 23.0 Å². The molecule has 1 aromatic carbocycles. The van der Waals surface area contributed by atoms with E-state index in [0.29, 0.717) is 23.0 Å². The predicted octanol–water partition coefficient (Wildman–Crippen LogP) is 3.00. The summed E-state index contributed by atoms with van der Waals surface area (Å²) in [6, 6.07) is 7.37. The summed E-state index contributed by atoms with van der Waals surface area (Å²) >= 11 is 0. The number of aromatic nitrogens is 1. The number of pyridine rings is 1. The van der Waals surface area contributed by atoms with Crippen molar-refractivity contribution in [3.63, 3.8) is 0 Å². The smallest absolute Gasteiger partial charge is 0.146 e. The number of hydrogen-bond acceptors (Lipinski definition) is 5. The Labute approximate surface area is 124 Å². The molecule has 5 heteroatoms. The monoisotopic (exact) mass is 288 g/mol. The summed E-state index contributed by atoms with van der Waals surface area (Å²) in [6.07, 6.45) is 3.50. The molecule has 0 atom stereocenters. The third-order valence-corrected chi connectivity index (χ3v) is 2.91. The second-order valence-corrected chi connectivity index (χ2v) is 4.46. The number of hydrogen-bond donors (Lipinski definition) is 1. The van der Waals surface area contributed by atoms with Crippen LogP contribution in [0.25, 0.3) is 0 Å². The Bertz CT molecular complexity index is 565. The van der Waals surface area contributed by atoms with E-state index in [1.54, 1.807) is 38.6 Å². The van der Waals surface area contributed by atoms with Crippen LogP contribution in [0.4, 0.5) is 0 Å². The van der Waals surface area contributed by atoms with Gasteiger partial charge in [-0.05, 0) is 18.2 Å². The largest absolute Gasteiger partial charge is 0.496 e. The van der Waals surface area contributed by atoms with Crippen LogP contribution in [0, 0.1) is 0 Å². The summed E-state index contributed by atoms with van der Waals surface area (Å²) in [5, 5.41) is 3.26. The lowest BCUT2D eigenvalue weighted by atomic mass is 10.2. The van der Waals surface area contributed by atoms with Gasteiger partial charge in [0.25, 0.3) is 0 Å². The Morgan fingerprint density at radius 3 is 2.19 bits per heavy atom. The van der Waals surface area contributed by atoms with Crippen LogP contribution < -0.4 is 19.5 Å². The highest BCUT2D eigenvalue weighted by molar-refractivity contribution is 5.43. The molecule has 1 aromatic heterocycles. The first kappa shape index (κ1) is 15.1. The number of benzene rings is 1. The molecule has 0 unspecified atom stereocenters. The Kier molecular flexibility index (Phi) is 5.40. The lowest BCUT2D eigenvalue weighted by Gasteiger charge is -2.10. The lowest BCUT2D eigenvalue weighted by molar-refractivity contribution is 0.386. The Morgan fingerprint density at radius 2 is 1.57 bits per heavy atom. The first-order chi connectivity index (χ1) is 10.2. The van der Waals surface area contributed by atoms with E-state index in [-0.39, 0.29) is 0 Å². The molecule has 2 aromatic rings. The second kappa shape index (κ2) is 7.50. The van der Waals surface area contributed by atoms with Gasteiger partial charge < -0.3 is 19.5 Å². The molecule has 0 saturated heterocycles. The number of nitrogens with zero attached hydrogens (tertiary/aromatic N) is 1. The van der Waals surface area contributed by atoms with Gasteiger partial charge in [-0.3, -0.25) is 4.98 Å². The molecular formula is C16H20N2O3. The summed E-state index contributed by atoms with van der Waals surface area (Å²) in [7, 11) is 3.22. The molecule has 0 spiro atoms. The Morgan fingerprint density at radius 1 is 0.905 bits per heavy atom. The number of methoxy groups -OCH3 is 2. The van der Waals surface area contributed by atoms with Crippen molar-refractivity contribution in [1.29, 1.82) is 0 Å². The van der Waals surface area contributed by atoms with E-state index in [1.165, 1.54) is 0 Å². The molecule has 0 aliphatic heterocycles. The van der Waals surface area contributed by atoms with E-state index in [1.807, 2.05) is 12.3 Å². The maximum absolute atomic E-state index is 5.83. The zero-order chi connectivity index (χ0) is 15.1. The van der Waals surface area contributed by atoms with Crippen LogP contribution in [0.2, 0.25) is 0 Å². The van der Waals surface area contributed by atoms with Crippen LogP contribution in [0.15, 0.2) is 36.7 Å².